The summed E-state index contributed by atoms with van der Waals surface area (Å²) in [5.41, 5.74) is 0.0994. The maximum absolute atomic E-state index is 11.8. The first kappa shape index (κ1) is 10.0. The summed E-state index contributed by atoms with van der Waals surface area (Å²) in [6, 6.07) is 0. The fraction of sp³-hybridized carbons (Fsp3) is 0.375. The molecule has 2 aromatic heterocycles. The van der Waals surface area contributed by atoms with Gasteiger partial charge in [-0.3, -0.25) is 13.9 Å². The smallest absolute Gasteiger partial charge is 0.333 e. The average Bonchev–Trinajstić information content (AvgIpc) is 2.70. The second-order valence-corrected chi connectivity index (χ2v) is 3.93. The molecule has 0 saturated carbocycles. The number of rotatable bonds is 2. The Bertz CT molecular complexity index is 609. The van der Waals surface area contributed by atoms with E-state index in [1.807, 2.05) is 6.26 Å². The lowest BCUT2D eigenvalue weighted by Crippen LogP contribution is -2.37. The van der Waals surface area contributed by atoms with Gasteiger partial charge in [0.25, 0.3) is 5.56 Å². The molecule has 0 spiro atoms. The SMILES string of the molecule is CSCn1c(=O)n(C)c(=O)c2[nH]cnc21. The molecule has 2 aromatic rings. The Morgan fingerprint density at radius 3 is 2.93 bits per heavy atom. The van der Waals surface area contributed by atoms with Crippen LogP contribution in [0.3, 0.4) is 0 Å². The molecule has 0 atom stereocenters. The molecule has 6 nitrogen and oxygen atoms in total. The summed E-state index contributed by atoms with van der Waals surface area (Å²) in [5.74, 6) is 0.480. The van der Waals surface area contributed by atoms with Crippen LogP contribution >= 0.6 is 11.8 Å². The summed E-state index contributed by atoms with van der Waals surface area (Å²) in [6.45, 7) is 0. The molecule has 0 saturated heterocycles. The normalized spacial score (nSPS) is 11.1. The van der Waals surface area contributed by atoms with Crippen LogP contribution in [0.2, 0.25) is 0 Å². The monoisotopic (exact) mass is 226 g/mol. The molecule has 0 radical (unpaired) electrons. The van der Waals surface area contributed by atoms with E-state index in [-0.39, 0.29) is 11.2 Å². The van der Waals surface area contributed by atoms with Crippen LogP contribution in [-0.4, -0.2) is 25.4 Å². The van der Waals surface area contributed by atoms with E-state index in [0.717, 1.165) is 4.57 Å². The summed E-state index contributed by atoms with van der Waals surface area (Å²) in [4.78, 5) is 30.1. The van der Waals surface area contributed by atoms with Crippen LogP contribution in [0.15, 0.2) is 15.9 Å². The average molecular weight is 226 g/mol. The molecule has 7 heteroatoms. The van der Waals surface area contributed by atoms with E-state index in [1.54, 1.807) is 0 Å². The van der Waals surface area contributed by atoms with E-state index in [4.69, 9.17) is 0 Å². The predicted molar refractivity (Wildman–Crippen MR) is 59.1 cm³/mol. The van der Waals surface area contributed by atoms with Crippen molar-refractivity contribution in [3.05, 3.63) is 27.2 Å². The van der Waals surface area contributed by atoms with Crippen molar-refractivity contribution in [3.63, 3.8) is 0 Å². The van der Waals surface area contributed by atoms with Crippen molar-refractivity contribution in [3.8, 4) is 0 Å². The number of thioether (sulfide) groups is 1. The Balaban J connectivity index is 2.95. The van der Waals surface area contributed by atoms with Crippen LogP contribution < -0.4 is 11.2 Å². The summed E-state index contributed by atoms with van der Waals surface area (Å²) >= 11 is 1.50. The number of aromatic amines is 1. The summed E-state index contributed by atoms with van der Waals surface area (Å²) in [5, 5.41) is 0. The topological polar surface area (TPSA) is 72.7 Å². The number of fused-ring (bicyclic) bond motifs is 1. The van der Waals surface area contributed by atoms with Crippen molar-refractivity contribution in [1.82, 2.24) is 19.1 Å². The number of nitrogens with zero attached hydrogens (tertiary/aromatic N) is 3. The van der Waals surface area contributed by atoms with Crippen molar-refractivity contribution >= 4 is 22.9 Å². The van der Waals surface area contributed by atoms with Gasteiger partial charge in [-0.15, -0.1) is 11.8 Å². The van der Waals surface area contributed by atoms with Gasteiger partial charge in [0, 0.05) is 7.05 Å². The second kappa shape index (κ2) is 3.58. The lowest BCUT2D eigenvalue weighted by molar-refractivity contribution is 0.702. The molecule has 2 rings (SSSR count). The Labute approximate surface area is 88.9 Å². The van der Waals surface area contributed by atoms with E-state index in [9.17, 15) is 9.59 Å². The molecule has 15 heavy (non-hydrogen) atoms. The Kier molecular flexibility index (Phi) is 2.39. The molecular formula is C8H10N4O2S. The van der Waals surface area contributed by atoms with Crippen LogP contribution in [0.25, 0.3) is 11.2 Å². The Hall–Kier alpha value is -1.50. The number of hydrogen-bond donors (Lipinski definition) is 1. The molecular weight excluding hydrogens is 216 g/mol. The summed E-state index contributed by atoms with van der Waals surface area (Å²) in [7, 11) is 1.46. The minimum Gasteiger partial charge on any atom is -0.339 e. The Morgan fingerprint density at radius 1 is 1.53 bits per heavy atom. The number of imidazole rings is 1. The minimum atomic E-state index is -0.343. The molecule has 2 heterocycles. The molecule has 0 fully saturated rings. The van der Waals surface area contributed by atoms with Crippen LogP contribution in [0.1, 0.15) is 0 Å². The van der Waals surface area contributed by atoms with Gasteiger partial charge in [0.05, 0.1) is 12.2 Å². The van der Waals surface area contributed by atoms with E-state index in [1.165, 1.54) is 29.7 Å². The van der Waals surface area contributed by atoms with Crippen molar-refractivity contribution in [2.24, 2.45) is 7.05 Å². The van der Waals surface area contributed by atoms with Crippen LogP contribution in [0.5, 0.6) is 0 Å². The van der Waals surface area contributed by atoms with Gasteiger partial charge >= 0.3 is 5.69 Å². The minimum absolute atomic E-state index is 0.339. The van der Waals surface area contributed by atoms with Crippen LogP contribution in [0, 0.1) is 0 Å². The van der Waals surface area contributed by atoms with Gasteiger partial charge in [-0.1, -0.05) is 0 Å². The van der Waals surface area contributed by atoms with E-state index >= 15 is 0 Å². The highest BCUT2D eigenvalue weighted by Crippen LogP contribution is 2.04. The van der Waals surface area contributed by atoms with Crippen LogP contribution in [-0.2, 0) is 12.9 Å². The summed E-state index contributed by atoms with van der Waals surface area (Å²) < 4.78 is 2.55. The lowest BCUT2D eigenvalue weighted by Gasteiger charge is -2.05. The van der Waals surface area contributed by atoms with E-state index in [0.29, 0.717) is 17.0 Å². The molecule has 0 unspecified atom stereocenters. The molecule has 1 N–H and O–H groups in total. The zero-order valence-electron chi connectivity index (χ0n) is 8.35. The zero-order chi connectivity index (χ0) is 11.0. The first-order valence-corrected chi connectivity index (χ1v) is 5.68. The fourth-order valence-corrected chi connectivity index (χ4v) is 1.91. The number of aromatic nitrogens is 4. The largest absolute Gasteiger partial charge is 0.339 e. The quantitative estimate of drug-likeness (QED) is 0.766. The molecule has 0 bridgehead atoms. The molecule has 0 aliphatic carbocycles. The van der Waals surface area contributed by atoms with Gasteiger partial charge in [0.15, 0.2) is 5.65 Å². The van der Waals surface area contributed by atoms with Gasteiger partial charge in [-0.05, 0) is 6.26 Å². The van der Waals surface area contributed by atoms with Gasteiger partial charge < -0.3 is 4.98 Å². The standard InChI is InChI=1S/C8H10N4O2S/c1-11-7(13)5-6(10-3-9-5)12(4-15-2)8(11)14/h3H,4H2,1-2H3,(H,9,10). The molecule has 0 amide bonds. The third-order valence-corrected chi connectivity index (χ3v) is 2.69. The van der Waals surface area contributed by atoms with Crippen molar-refractivity contribution < 1.29 is 0 Å². The molecule has 0 aromatic carbocycles. The Morgan fingerprint density at radius 2 is 2.27 bits per heavy atom. The molecule has 0 aliphatic heterocycles. The third kappa shape index (κ3) is 1.39. The maximum Gasteiger partial charge on any atom is 0.333 e. The summed E-state index contributed by atoms with van der Waals surface area (Å²) in [6.07, 6.45) is 3.30. The van der Waals surface area contributed by atoms with Crippen molar-refractivity contribution in [2.45, 2.75) is 5.88 Å². The first-order chi connectivity index (χ1) is 7.16. The number of H-pyrrole nitrogens is 1. The van der Waals surface area contributed by atoms with Gasteiger partial charge in [0.2, 0.25) is 0 Å². The second-order valence-electron chi connectivity index (χ2n) is 3.09. The zero-order valence-corrected chi connectivity index (χ0v) is 9.17. The van der Waals surface area contributed by atoms with Gasteiger partial charge in [0.1, 0.15) is 5.52 Å². The highest BCUT2D eigenvalue weighted by Gasteiger charge is 2.11. The van der Waals surface area contributed by atoms with Crippen molar-refractivity contribution in [1.29, 1.82) is 0 Å². The van der Waals surface area contributed by atoms with Gasteiger partial charge in [-0.2, -0.15) is 0 Å². The van der Waals surface area contributed by atoms with Crippen molar-refractivity contribution in [2.75, 3.05) is 6.26 Å². The van der Waals surface area contributed by atoms with Gasteiger partial charge in [-0.25, -0.2) is 9.78 Å². The van der Waals surface area contributed by atoms with E-state index in [2.05, 4.69) is 9.97 Å². The highest BCUT2D eigenvalue weighted by molar-refractivity contribution is 7.97. The number of hydrogen-bond acceptors (Lipinski definition) is 4. The molecule has 0 aliphatic rings. The fourth-order valence-electron chi connectivity index (χ4n) is 1.42. The number of nitrogens with one attached hydrogen (secondary N) is 1. The lowest BCUT2D eigenvalue weighted by atomic mass is 10.5. The van der Waals surface area contributed by atoms with Crippen LogP contribution in [0.4, 0.5) is 0 Å². The third-order valence-electron chi connectivity index (χ3n) is 2.17. The highest BCUT2D eigenvalue weighted by atomic mass is 32.2. The predicted octanol–water partition coefficient (Wildman–Crippen LogP) is -0.256. The first-order valence-electron chi connectivity index (χ1n) is 4.28. The van der Waals surface area contributed by atoms with E-state index < -0.39 is 0 Å². The maximum atomic E-state index is 11.8. The molecule has 80 valence electrons.